The van der Waals surface area contributed by atoms with Gasteiger partial charge in [-0.25, -0.2) is 0 Å². The maximum absolute atomic E-state index is 9.84. The summed E-state index contributed by atoms with van der Waals surface area (Å²) >= 11 is 11.6. The molecule has 124 valence electrons. The summed E-state index contributed by atoms with van der Waals surface area (Å²) in [6, 6.07) is 7.66. The van der Waals surface area contributed by atoms with Crippen LogP contribution in [-0.2, 0) is 13.2 Å². The predicted molar refractivity (Wildman–Crippen MR) is 93.1 cm³/mol. The van der Waals surface area contributed by atoms with Gasteiger partial charge in [0.1, 0.15) is 12.6 Å². The van der Waals surface area contributed by atoms with Crippen molar-refractivity contribution in [1.29, 1.82) is 0 Å². The minimum absolute atomic E-state index is 0.211. The lowest BCUT2D eigenvalue weighted by molar-refractivity contribution is -0.931. The van der Waals surface area contributed by atoms with E-state index < -0.39 is 0 Å². The highest BCUT2D eigenvalue weighted by molar-refractivity contribution is 7.71. The van der Waals surface area contributed by atoms with Crippen LogP contribution in [0.2, 0.25) is 5.02 Å². The molecule has 1 aromatic heterocycles. The molecule has 1 aliphatic rings. The van der Waals surface area contributed by atoms with Crippen molar-refractivity contribution < 1.29 is 10.0 Å². The number of hydrogen-bond acceptors (Lipinski definition) is 3. The molecule has 0 bridgehead atoms. The zero-order chi connectivity index (χ0) is 16.4. The lowest BCUT2D eigenvalue weighted by Crippen LogP contribution is -3.13. The molecule has 1 aromatic carbocycles. The highest BCUT2D eigenvalue weighted by Crippen LogP contribution is 2.20. The molecule has 0 spiro atoms. The molecule has 2 aromatic rings. The Kier molecular flexibility index (Phi) is 5.16. The largest absolute Gasteiger partial charge is 0.387 e. The Morgan fingerprint density at radius 3 is 2.78 bits per heavy atom. The van der Waals surface area contributed by atoms with Crippen LogP contribution in [0, 0.1) is 4.77 Å². The van der Waals surface area contributed by atoms with E-state index in [1.54, 1.807) is 0 Å². The molecule has 2 N–H and O–H groups in total. The van der Waals surface area contributed by atoms with Crippen LogP contribution in [0.25, 0.3) is 11.4 Å². The van der Waals surface area contributed by atoms with Gasteiger partial charge in [-0.15, -0.1) is 5.10 Å². The Labute approximate surface area is 146 Å². The lowest BCUT2D eigenvalue weighted by atomic mass is 10.1. The Hall–Kier alpha value is -1.21. The summed E-state index contributed by atoms with van der Waals surface area (Å²) in [6.07, 6.45) is 1.73. The first-order valence-corrected chi connectivity index (χ1v) is 8.82. The highest BCUT2D eigenvalue weighted by Gasteiger charge is 2.22. The molecule has 1 saturated heterocycles. The molecule has 1 unspecified atom stereocenters. The molecule has 0 saturated carbocycles. The third kappa shape index (κ3) is 3.66. The molecule has 2 atom stereocenters. The monoisotopic (exact) mass is 353 g/mol. The van der Waals surface area contributed by atoms with Crippen molar-refractivity contribution in [3.8, 4) is 11.4 Å². The molecule has 0 aliphatic carbocycles. The first kappa shape index (κ1) is 16.6. The van der Waals surface area contributed by atoms with Gasteiger partial charge in [0.05, 0.1) is 6.54 Å². The van der Waals surface area contributed by atoms with Crippen LogP contribution in [0.15, 0.2) is 24.3 Å². The minimum Gasteiger partial charge on any atom is -0.387 e. The lowest BCUT2D eigenvalue weighted by Gasteiger charge is -2.26. The number of aliphatic hydroxyl groups is 1. The van der Waals surface area contributed by atoms with E-state index in [9.17, 15) is 5.11 Å². The van der Waals surface area contributed by atoms with Crippen LogP contribution in [0.1, 0.15) is 19.8 Å². The maximum atomic E-state index is 9.84. The van der Waals surface area contributed by atoms with Crippen molar-refractivity contribution >= 4 is 23.8 Å². The van der Waals surface area contributed by atoms with Gasteiger partial charge in [0.2, 0.25) is 4.77 Å². The van der Waals surface area contributed by atoms with Crippen LogP contribution in [0.5, 0.6) is 0 Å². The number of quaternary nitrogens is 1. The fraction of sp³-hybridized carbons (Fsp3) is 0.500. The number of nitrogens with one attached hydrogen (secondary N) is 1. The highest BCUT2D eigenvalue weighted by atomic mass is 35.5. The zero-order valence-electron chi connectivity index (χ0n) is 13.2. The number of halogens is 1. The molecule has 5 nitrogen and oxygen atoms in total. The molecule has 0 radical (unpaired) electrons. The first-order valence-electron chi connectivity index (χ1n) is 8.03. The van der Waals surface area contributed by atoms with Gasteiger partial charge in [-0.1, -0.05) is 11.6 Å². The van der Waals surface area contributed by atoms with Gasteiger partial charge in [-0.05, 0) is 56.2 Å². The third-order valence-electron chi connectivity index (χ3n) is 4.31. The Morgan fingerprint density at radius 1 is 1.39 bits per heavy atom. The van der Waals surface area contributed by atoms with Gasteiger partial charge in [0.25, 0.3) is 0 Å². The van der Waals surface area contributed by atoms with E-state index in [4.69, 9.17) is 28.9 Å². The van der Waals surface area contributed by atoms with Crippen LogP contribution in [0.3, 0.4) is 0 Å². The molecule has 7 heteroatoms. The number of nitrogens with zero attached hydrogens (tertiary/aromatic N) is 3. The van der Waals surface area contributed by atoms with Crippen LogP contribution in [0.4, 0.5) is 0 Å². The number of aromatic nitrogens is 3. The number of benzene rings is 1. The van der Waals surface area contributed by atoms with Gasteiger partial charge in [0, 0.05) is 17.1 Å². The van der Waals surface area contributed by atoms with E-state index in [1.807, 2.05) is 33.5 Å². The molecule has 23 heavy (non-hydrogen) atoms. The van der Waals surface area contributed by atoms with Crippen molar-refractivity contribution in [1.82, 2.24) is 14.3 Å². The van der Waals surface area contributed by atoms with Gasteiger partial charge in [0.15, 0.2) is 12.5 Å². The number of likely N-dealkylation sites (tertiary alicyclic amines) is 1. The van der Waals surface area contributed by atoms with Gasteiger partial charge >= 0.3 is 0 Å². The summed E-state index contributed by atoms with van der Waals surface area (Å²) in [6.45, 7) is 5.35. The van der Waals surface area contributed by atoms with Gasteiger partial charge in [-0.3, -0.25) is 0 Å². The van der Waals surface area contributed by atoms with Crippen molar-refractivity contribution in [2.75, 3.05) is 13.1 Å². The molecule has 2 heterocycles. The van der Waals surface area contributed by atoms with Crippen LogP contribution >= 0.6 is 23.8 Å². The van der Waals surface area contributed by atoms with E-state index in [0.29, 0.717) is 11.7 Å². The third-order valence-corrected chi connectivity index (χ3v) is 4.99. The van der Waals surface area contributed by atoms with E-state index >= 15 is 0 Å². The summed E-state index contributed by atoms with van der Waals surface area (Å²) in [5, 5.41) is 15.3. The van der Waals surface area contributed by atoms with E-state index in [-0.39, 0.29) is 6.10 Å². The van der Waals surface area contributed by atoms with Crippen LogP contribution < -0.4 is 4.90 Å². The molecule has 3 rings (SSSR count). The molecule has 0 amide bonds. The first-order chi connectivity index (χ1) is 11.1. The van der Waals surface area contributed by atoms with Crippen molar-refractivity contribution in [3.05, 3.63) is 34.1 Å². The van der Waals surface area contributed by atoms with Gasteiger partial charge in [-0.2, -0.15) is 4.68 Å². The Balaban J connectivity index is 1.90. The number of aliphatic hydroxyl groups excluding tert-OH is 1. The molecular weight excluding hydrogens is 332 g/mol. The van der Waals surface area contributed by atoms with E-state index in [0.717, 1.165) is 48.6 Å². The molecule has 1 aliphatic heterocycles. The zero-order valence-corrected chi connectivity index (χ0v) is 14.8. The quantitative estimate of drug-likeness (QED) is 0.823. The smallest absolute Gasteiger partial charge is 0.203 e. The van der Waals surface area contributed by atoms with Crippen molar-refractivity contribution in [3.63, 3.8) is 0 Å². The average molecular weight is 354 g/mol. The minimum atomic E-state index is -0.211. The molecular formula is C16H22ClN4OS+. The number of piperidine rings is 1. The van der Waals surface area contributed by atoms with Gasteiger partial charge < -0.3 is 14.6 Å². The summed E-state index contributed by atoms with van der Waals surface area (Å²) in [5.74, 6) is 0.867. The van der Waals surface area contributed by atoms with E-state index in [1.165, 1.54) is 4.90 Å². The SMILES string of the molecule is CCn1c(-c2ccc(Cl)cc2)nn(C[NH+]2CCC[C@H](O)C2)c1=S. The average Bonchev–Trinajstić information content (AvgIpc) is 2.84. The number of hydrogen-bond donors (Lipinski definition) is 2. The summed E-state index contributed by atoms with van der Waals surface area (Å²) in [7, 11) is 0. The maximum Gasteiger partial charge on any atom is 0.203 e. The number of rotatable bonds is 4. The van der Waals surface area contributed by atoms with Crippen LogP contribution in [-0.4, -0.2) is 38.6 Å². The van der Waals surface area contributed by atoms with Crippen molar-refractivity contribution in [2.24, 2.45) is 0 Å². The predicted octanol–water partition coefficient (Wildman–Crippen LogP) is 1.75. The fourth-order valence-corrected chi connectivity index (χ4v) is 3.57. The summed E-state index contributed by atoms with van der Waals surface area (Å²) in [5.41, 5.74) is 1.01. The second-order valence-electron chi connectivity index (χ2n) is 6.02. The normalized spacial score (nSPS) is 21.5. The summed E-state index contributed by atoms with van der Waals surface area (Å²) < 4.78 is 4.65. The second kappa shape index (κ2) is 7.13. The van der Waals surface area contributed by atoms with Crippen molar-refractivity contribution in [2.45, 2.75) is 39.1 Å². The summed E-state index contributed by atoms with van der Waals surface area (Å²) in [4.78, 5) is 1.32. The van der Waals surface area contributed by atoms with E-state index in [2.05, 4.69) is 6.92 Å². The second-order valence-corrected chi connectivity index (χ2v) is 6.82. The Morgan fingerprint density at radius 2 is 2.13 bits per heavy atom. The standard InChI is InChI=1S/C16H21ClN4OS/c1-2-20-15(12-5-7-13(17)8-6-12)18-21(16(20)23)11-19-9-3-4-14(22)10-19/h5-8,14,22H,2-4,9-11H2,1H3/p+1/t14-/m0/s1. The topological polar surface area (TPSA) is 47.4 Å². The molecule has 1 fully saturated rings. The Bertz CT molecular complexity index is 725. The fourth-order valence-electron chi connectivity index (χ4n) is 3.12.